The third kappa shape index (κ3) is 4.67. The van der Waals surface area contributed by atoms with E-state index >= 15 is 0 Å². The van der Waals surface area contributed by atoms with Crippen molar-refractivity contribution in [3.8, 4) is 5.88 Å². The van der Waals surface area contributed by atoms with Crippen LogP contribution in [0.3, 0.4) is 0 Å². The summed E-state index contributed by atoms with van der Waals surface area (Å²) in [5.74, 6) is 2.27. The van der Waals surface area contributed by atoms with Crippen LogP contribution in [0.2, 0.25) is 0 Å². The number of halogens is 1. The van der Waals surface area contributed by atoms with Gasteiger partial charge in [0.05, 0.1) is 7.11 Å². The second-order valence-electron chi connectivity index (χ2n) is 7.25. The molecule has 1 aliphatic carbocycles. The predicted octanol–water partition coefficient (Wildman–Crippen LogP) is 4.64. The first-order valence-corrected chi connectivity index (χ1v) is 8.80. The van der Waals surface area contributed by atoms with Crippen LogP contribution in [0.25, 0.3) is 0 Å². The van der Waals surface area contributed by atoms with E-state index in [1.54, 1.807) is 13.4 Å². The molecule has 0 bridgehead atoms. The molecular formula is C17H27BrN2O. The van der Waals surface area contributed by atoms with Gasteiger partial charge in [-0.25, -0.2) is 9.97 Å². The molecule has 0 aromatic carbocycles. The van der Waals surface area contributed by atoms with Crippen LogP contribution < -0.4 is 4.74 Å². The van der Waals surface area contributed by atoms with Crippen LogP contribution >= 0.6 is 15.9 Å². The Morgan fingerprint density at radius 1 is 1.24 bits per heavy atom. The molecule has 1 aliphatic rings. The minimum atomic E-state index is 0.451. The third-order valence-corrected chi connectivity index (χ3v) is 5.89. The summed E-state index contributed by atoms with van der Waals surface area (Å²) in [6.07, 6.45) is 7.88. The van der Waals surface area contributed by atoms with Crippen molar-refractivity contribution in [1.29, 1.82) is 0 Å². The quantitative estimate of drug-likeness (QED) is 0.738. The van der Waals surface area contributed by atoms with Gasteiger partial charge in [0.1, 0.15) is 6.33 Å². The number of methoxy groups -OCH3 is 1. The Hall–Kier alpha value is -0.640. The third-order valence-electron chi connectivity index (χ3n) is 4.82. The Morgan fingerprint density at radius 2 is 1.90 bits per heavy atom. The van der Waals surface area contributed by atoms with E-state index in [2.05, 4.69) is 46.7 Å². The molecule has 0 saturated heterocycles. The van der Waals surface area contributed by atoms with Crippen LogP contribution in [-0.2, 0) is 6.42 Å². The molecule has 2 rings (SSSR count). The molecule has 1 fully saturated rings. The van der Waals surface area contributed by atoms with Crippen LogP contribution in [0.5, 0.6) is 5.88 Å². The smallest absolute Gasteiger partial charge is 0.216 e. The average Bonchev–Trinajstić information content (AvgIpc) is 2.46. The van der Waals surface area contributed by atoms with Gasteiger partial charge in [-0.05, 0) is 42.9 Å². The molecular weight excluding hydrogens is 328 g/mol. The summed E-state index contributed by atoms with van der Waals surface area (Å²) in [6.45, 7) is 7.12. The van der Waals surface area contributed by atoms with E-state index in [0.29, 0.717) is 16.1 Å². The molecule has 0 radical (unpaired) electrons. The van der Waals surface area contributed by atoms with Crippen LogP contribution in [0.15, 0.2) is 12.4 Å². The molecule has 1 aromatic rings. The van der Waals surface area contributed by atoms with Crippen LogP contribution in [0, 0.1) is 17.3 Å². The maximum Gasteiger partial charge on any atom is 0.216 e. The number of aromatic nitrogens is 2. The standard InChI is InChI=1S/C17H27BrN2O/c1-17(2,3)13-7-5-12(6-8-13)15(18)9-14-10-16(21-4)20-11-19-14/h10-13,15H,5-9H2,1-4H3. The number of hydrogen-bond acceptors (Lipinski definition) is 3. The normalized spacial score (nSPS) is 24.6. The van der Waals surface area contributed by atoms with Gasteiger partial charge in [-0.1, -0.05) is 36.7 Å². The lowest BCUT2D eigenvalue weighted by Gasteiger charge is -2.38. The van der Waals surface area contributed by atoms with Gasteiger partial charge in [-0.3, -0.25) is 0 Å². The van der Waals surface area contributed by atoms with Crippen molar-refractivity contribution in [3.63, 3.8) is 0 Å². The second kappa shape index (κ2) is 7.08. The van der Waals surface area contributed by atoms with E-state index in [0.717, 1.165) is 24.0 Å². The Bertz CT molecular complexity index is 450. The lowest BCUT2D eigenvalue weighted by atomic mass is 9.69. The molecule has 1 saturated carbocycles. The zero-order valence-corrected chi connectivity index (χ0v) is 15.2. The maximum atomic E-state index is 5.17. The molecule has 1 atom stereocenters. The van der Waals surface area contributed by atoms with E-state index in [9.17, 15) is 0 Å². The summed E-state index contributed by atoms with van der Waals surface area (Å²) >= 11 is 3.89. The molecule has 0 aliphatic heterocycles. The van der Waals surface area contributed by atoms with Crippen molar-refractivity contribution in [2.75, 3.05) is 7.11 Å². The molecule has 1 heterocycles. The maximum absolute atomic E-state index is 5.17. The molecule has 3 nitrogen and oxygen atoms in total. The minimum absolute atomic E-state index is 0.451. The summed E-state index contributed by atoms with van der Waals surface area (Å²) < 4.78 is 5.17. The van der Waals surface area contributed by atoms with Gasteiger partial charge in [0.25, 0.3) is 0 Å². The molecule has 0 N–H and O–H groups in total. The number of hydrogen-bond donors (Lipinski definition) is 0. The number of nitrogens with zero attached hydrogens (tertiary/aromatic N) is 2. The van der Waals surface area contributed by atoms with Crippen molar-refractivity contribution in [2.24, 2.45) is 17.3 Å². The Balaban J connectivity index is 1.88. The molecule has 21 heavy (non-hydrogen) atoms. The van der Waals surface area contributed by atoms with Gasteiger partial charge < -0.3 is 4.74 Å². The van der Waals surface area contributed by atoms with E-state index in [1.165, 1.54) is 25.7 Å². The first-order valence-electron chi connectivity index (χ1n) is 7.89. The molecule has 0 spiro atoms. The summed E-state index contributed by atoms with van der Waals surface area (Å²) in [7, 11) is 1.64. The predicted molar refractivity (Wildman–Crippen MR) is 89.9 cm³/mol. The highest BCUT2D eigenvalue weighted by Crippen LogP contribution is 2.42. The zero-order valence-electron chi connectivity index (χ0n) is 13.6. The summed E-state index contributed by atoms with van der Waals surface area (Å²) in [6, 6.07) is 1.94. The van der Waals surface area contributed by atoms with Gasteiger partial charge in [0.15, 0.2) is 0 Å². The summed E-state index contributed by atoms with van der Waals surface area (Å²) in [5.41, 5.74) is 1.51. The van der Waals surface area contributed by atoms with Gasteiger partial charge in [-0.15, -0.1) is 0 Å². The lowest BCUT2D eigenvalue weighted by molar-refractivity contribution is 0.149. The fourth-order valence-electron chi connectivity index (χ4n) is 3.31. The Kier molecular flexibility index (Phi) is 5.64. The largest absolute Gasteiger partial charge is 0.481 e. The van der Waals surface area contributed by atoms with E-state index in [-0.39, 0.29) is 0 Å². The van der Waals surface area contributed by atoms with Gasteiger partial charge in [0.2, 0.25) is 5.88 Å². The van der Waals surface area contributed by atoms with Crippen LogP contribution in [0.4, 0.5) is 0 Å². The highest BCUT2D eigenvalue weighted by atomic mass is 79.9. The van der Waals surface area contributed by atoms with Gasteiger partial charge in [-0.2, -0.15) is 0 Å². The fraction of sp³-hybridized carbons (Fsp3) is 0.765. The minimum Gasteiger partial charge on any atom is -0.481 e. The zero-order chi connectivity index (χ0) is 15.5. The monoisotopic (exact) mass is 354 g/mol. The topological polar surface area (TPSA) is 35.0 Å². The lowest BCUT2D eigenvalue weighted by Crippen LogP contribution is -2.29. The van der Waals surface area contributed by atoms with E-state index in [1.807, 2.05) is 6.07 Å². The van der Waals surface area contributed by atoms with Crippen LogP contribution in [-0.4, -0.2) is 21.9 Å². The van der Waals surface area contributed by atoms with Crippen molar-refractivity contribution in [3.05, 3.63) is 18.1 Å². The summed E-state index contributed by atoms with van der Waals surface area (Å²) in [4.78, 5) is 8.92. The Morgan fingerprint density at radius 3 is 2.48 bits per heavy atom. The van der Waals surface area contributed by atoms with Crippen molar-refractivity contribution < 1.29 is 4.74 Å². The van der Waals surface area contributed by atoms with Gasteiger partial charge >= 0.3 is 0 Å². The first-order chi connectivity index (χ1) is 9.90. The summed E-state index contributed by atoms with van der Waals surface area (Å²) in [5, 5.41) is 0. The Labute approximate surface area is 137 Å². The van der Waals surface area contributed by atoms with Crippen LogP contribution in [0.1, 0.15) is 52.1 Å². The molecule has 118 valence electrons. The SMILES string of the molecule is COc1cc(CC(Br)C2CCC(C(C)(C)C)CC2)ncn1. The molecule has 0 amide bonds. The highest BCUT2D eigenvalue weighted by molar-refractivity contribution is 9.09. The molecule has 1 unspecified atom stereocenters. The van der Waals surface area contributed by atoms with Crippen molar-refractivity contribution in [1.82, 2.24) is 9.97 Å². The number of ether oxygens (including phenoxy) is 1. The number of rotatable bonds is 4. The second-order valence-corrected chi connectivity index (χ2v) is 8.43. The number of alkyl halides is 1. The van der Waals surface area contributed by atoms with Crippen molar-refractivity contribution in [2.45, 2.75) is 57.7 Å². The fourth-order valence-corrected chi connectivity index (χ4v) is 4.17. The van der Waals surface area contributed by atoms with Crippen molar-refractivity contribution >= 4 is 15.9 Å². The van der Waals surface area contributed by atoms with Gasteiger partial charge in [0, 0.05) is 23.0 Å². The molecule has 4 heteroatoms. The van der Waals surface area contributed by atoms with E-state index < -0.39 is 0 Å². The van der Waals surface area contributed by atoms with E-state index in [4.69, 9.17) is 4.74 Å². The molecule has 1 aromatic heterocycles. The first kappa shape index (κ1) is 16.7. The average molecular weight is 355 g/mol. The highest BCUT2D eigenvalue weighted by Gasteiger charge is 2.32.